The van der Waals surface area contributed by atoms with E-state index in [2.05, 4.69) is 5.32 Å². The van der Waals surface area contributed by atoms with Crippen molar-refractivity contribution >= 4 is 15.9 Å². The van der Waals surface area contributed by atoms with Crippen LogP contribution >= 0.6 is 0 Å². The molecule has 0 radical (unpaired) electrons. The smallest absolute Gasteiger partial charge is 0.358 e. The number of alkyl halides is 3. The van der Waals surface area contributed by atoms with Crippen LogP contribution in [-0.4, -0.2) is 38.3 Å². The van der Waals surface area contributed by atoms with Gasteiger partial charge in [0.2, 0.25) is 15.9 Å². The molecule has 1 saturated heterocycles. The Morgan fingerprint density at radius 2 is 2.00 bits per heavy atom. The van der Waals surface area contributed by atoms with E-state index in [0.717, 1.165) is 16.4 Å². The molecule has 0 aromatic heterocycles. The van der Waals surface area contributed by atoms with Gasteiger partial charge in [0.25, 0.3) is 0 Å². The van der Waals surface area contributed by atoms with Crippen LogP contribution in [0.25, 0.3) is 0 Å². The summed E-state index contributed by atoms with van der Waals surface area (Å²) in [5.74, 6) is -0.464. The Morgan fingerprint density at radius 3 is 2.57 bits per heavy atom. The molecule has 1 fully saturated rings. The minimum atomic E-state index is -4.64. The molecule has 1 aromatic rings. The highest BCUT2D eigenvalue weighted by Gasteiger charge is 2.40. The lowest BCUT2D eigenvalue weighted by atomic mass is 10.1. The average molecular weight is 350 g/mol. The molecule has 1 N–H and O–H groups in total. The summed E-state index contributed by atoms with van der Waals surface area (Å²) in [6.45, 7) is 1.37. The molecular weight excluding hydrogens is 333 g/mol. The molecule has 0 spiro atoms. The molecule has 1 atom stereocenters. The van der Waals surface area contributed by atoms with Crippen LogP contribution in [0.1, 0.15) is 24.0 Å². The lowest BCUT2D eigenvalue weighted by Crippen LogP contribution is -2.44. The van der Waals surface area contributed by atoms with E-state index in [-0.39, 0.29) is 12.1 Å². The SMILES string of the molecule is CNC(=O)[C@@H]1CCCN1S(=O)(=O)c1ccc(C)c(C(F)(F)F)c1. The van der Waals surface area contributed by atoms with Crippen molar-refractivity contribution in [1.29, 1.82) is 0 Å². The van der Waals surface area contributed by atoms with Crippen molar-refractivity contribution in [2.45, 2.75) is 36.9 Å². The summed E-state index contributed by atoms with van der Waals surface area (Å²) in [6.07, 6.45) is -3.81. The topological polar surface area (TPSA) is 66.5 Å². The van der Waals surface area contributed by atoms with E-state index < -0.39 is 38.6 Å². The first-order valence-electron chi connectivity index (χ1n) is 7.00. The molecule has 1 aliphatic heterocycles. The van der Waals surface area contributed by atoms with Crippen molar-refractivity contribution in [2.24, 2.45) is 0 Å². The van der Waals surface area contributed by atoms with E-state index in [1.54, 1.807) is 0 Å². The molecule has 1 aliphatic rings. The van der Waals surface area contributed by atoms with E-state index in [1.807, 2.05) is 0 Å². The average Bonchev–Trinajstić information content (AvgIpc) is 2.95. The van der Waals surface area contributed by atoms with Crippen LogP contribution in [0.5, 0.6) is 0 Å². The fraction of sp³-hybridized carbons (Fsp3) is 0.500. The molecule has 5 nitrogen and oxygen atoms in total. The zero-order valence-corrected chi connectivity index (χ0v) is 13.5. The van der Waals surface area contributed by atoms with Crippen molar-refractivity contribution < 1.29 is 26.4 Å². The van der Waals surface area contributed by atoms with Crippen LogP contribution in [0.3, 0.4) is 0 Å². The predicted molar refractivity (Wildman–Crippen MR) is 77.2 cm³/mol. The van der Waals surface area contributed by atoms with Crippen molar-refractivity contribution in [3.8, 4) is 0 Å². The Morgan fingerprint density at radius 1 is 1.35 bits per heavy atom. The number of nitrogens with one attached hydrogen (secondary N) is 1. The largest absolute Gasteiger partial charge is 0.416 e. The molecule has 1 aromatic carbocycles. The number of likely N-dealkylation sites (N-methyl/N-ethyl adjacent to an activating group) is 1. The molecule has 0 bridgehead atoms. The van der Waals surface area contributed by atoms with Gasteiger partial charge in [-0.15, -0.1) is 0 Å². The molecule has 2 rings (SSSR count). The monoisotopic (exact) mass is 350 g/mol. The maximum Gasteiger partial charge on any atom is 0.416 e. The minimum Gasteiger partial charge on any atom is -0.358 e. The molecule has 23 heavy (non-hydrogen) atoms. The standard InChI is InChI=1S/C14H17F3N2O3S/c1-9-5-6-10(8-11(9)14(15,16)17)23(21,22)19-7-3-4-12(19)13(20)18-2/h5-6,8,12H,3-4,7H2,1-2H3,(H,18,20)/t12-/m0/s1. The number of carbonyl (C=O) groups excluding carboxylic acids is 1. The van der Waals surface area contributed by atoms with E-state index in [4.69, 9.17) is 0 Å². The van der Waals surface area contributed by atoms with Crippen LogP contribution in [0.2, 0.25) is 0 Å². The first kappa shape index (κ1) is 17.7. The molecule has 128 valence electrons. The second-order valence-electron chi connectivity index (χ2n) is 5.36. The highest BCUT2D eigenvalue weighted by molar-refractivity contribution is 7.89. The predicted octanol–water partition coefficient (Wildman–Crippen LogP) is 1.91. The minimum absolute atomic E-state index is 0.0549. The second-order valence-corrected chi connectivity index (χ2v) is 7.25. The van der Waals surface area contributed by atoms with E-state index in [0.29, 0.717) is 18.9 Å². The molecule has 0 aliphatic carbocycles. The summed E-state index contributed by atoms with van der Waals surface area (Å²) < 4.78 is 65.2. The first-order valence-corrected chi connectivity index (χ1v) is 8.44. The molecule has 9 heteroatoms. The summed E-state index contributed by atoms with van der Waals surface area (Å²) in [7, 11) is -2.78. The number of halogens is 3. The van der Waals surface area contributed by atoms with Gasteiger partial charge in [-0.25, -0.2) is 8.42 Å². The van der Waals surface area contributed by atoms with Gasteiger partial charge in [0.15, 0.2) is 0 Å². The maximum atomic E-state index is 13.0. The van der Waals surface area contributed by atoms with Crippen molar-refractivity contribution in [3.05, 3.63) is 29.3 Å². The molecule has 1 amide bonds. The van der Waals surface area contributed by atoms with Gasteiger partial charge in [-0.1, -0.05) is 6.07 Å². The van der Waals surface area contributed by atoms with Crippen molar-refractivity contribution in [2.75, 3.05) is 13.6 Å². The van der Waals surface area contributed by atoms with Crippen LogP contribution < -0.4 is 5.32 Å². The number of amides is 1. The molecule has 0 unspecified atom stereocenters. The highest BCUT2D eigenvalue weighted by Crippen LogP contribution is 2.34. The summed E-state index contributed by atoms with van der Waals surface area (Å²) >= 11 is 0. The Hall–Kier alpha value is -1.61. The van der Waals surface area contributed by atoms with Crippen molar-refractivity contribution in [1.82, 2.24) is 9.62 Å². The van der Waals surface area contributed by atoms with Gasteiger partial charge in [0.05, 0.1) is 10.5 Å². The third kappa shape index (κ3) is 3.35. The number of aryl methyl sites for hydroxylation is 1. The van der Waals surface area contributed by atoms with E-state index in [9.17, 15) is 26.4 Å². The summed E-state index contributed by atoms with van der Waals surface area (Å²) in [5.41, 5.74) is -1.05. The Bertz CT molecular complexity index is 716. The Balaban J connectivity index is 2.46. The zero-order chi connectivity index (χ0) is 17.4. The number of carbonyl (C=O) groups is 1. The number of rotatable bonds is 3. The summed E-state index contributed by atoms with van der Waals surface area (Å²) in [6, 6.07) is 2.00. The fourth-order valence-electron chi connectivity index (χ4n) is 2.66. The third-order valence-electron chi connectivity index (χ3n) is 3.87. The number of nitrogens with zero attached hydrogens (tertiary/aromatic N) is 1. The third-order valence-corrected chi connectivity index (χ3v) is 5.78. The second kappa shape index (κ2) is 6.12. The van der Waals surface area contributed by atoms with Gasteiger partial charge in [0, 0.05) is 13.6 Å². The van der Waals surface area contributed by atoms with Gasteiger partial charge >= 0.3 is 6.18 Å². The van der Waals surface area contributed by atoms with E-state index >= 15 is 0 Å². The van der Waals surface area contributed by atoms with Gasteiger partial charge in [-0.3, -0.25) is 4.79 Å². The normalized spacial score (nSPS) is 19.8. The molecule has 0 saturated carbocycles. The van der Waals surface area contributed by atoms with Crippen molar-refractivity contribution in [3.63, 3.8) is 0 Å². The summed E-state index contributed by atoms with van der Waals surface area (Å²) in [4.78, 5) is 11.3. The van der Waals surface area contributed by atoms with Crippen LogP contribution in [0, 0.1) is 6.92 Å². The highest BCUT2D eigenvalue weighted by atomic mass is 32.2. The fourth-order valence-corrected chi connectivity index (χ4v) is 4.34. The van der Waals surface area contributed by atoms with Gasteiger partial charge in [-0.05, 0) is 37.5 Å². The van der Waals surface area contributed by atoms with Crippen LogP contribution in [-0.2, 0) is 21.0 Å². The first-order chi connectivity index (χ1) is 10.6. The van der Waals surface area contributed by atoms with Gasteiger partial charge in [-0.2, -0.15) is 17.5 Å². The molecule has 1 heterocycles. The lowest BCUT2D eigenvalue weighted by Gasteiger charge is -2.23. The quantitative estimate of drug-likeness (QED) is 0.906. The zero-order valence-electron chi connectivity index (χ0n) is 12.6. The van der Waals surface area contributed by atoms with Gasteiger partial charge < -0.3 is 5.32 Å². The van der Waals surface area contributed by atoms with Gasteiger partial charge in [0.1, 0.15) is 6.04 Å². The number of hydrogen-bond donors (Lipinski definition) is 1. The maximum absolute atomic E-state index is 13.0. The lowest BCUT2D eigenvalue weighted by molar-refractivity contribution is -0.138. The summed E-state index contributed by atoms with van der Waals surface area (Å²) in [5, 5.41) is 2.38. The number of sulfonamides is 1. The molecular formula is C14H17F3N2O3S. The number of hydrogen-bond acceptors (Lipinski definition) is 3. The van der Waals surface area contributed by atoms with Crippen LogP contribution in [0.15, 0.2) is 23.1 Å². The van der Waals surface area contributed by atoms with E-state index in [1.165, 1.54) is 14.0 Å². The number of benzene rings is 1. The Kier molecular flexibility index (Phi) is 4.72. The Labute approximate surface area is 132 Å². The van der Waals surface area contributed by atoms with Crippen LogP contribution in [0.4, 0.5) is 13.2 Å².